The van der Waals surface area contributed by atoms with Crippen LogP contribution < -0.4 is 5.32 Å². The van der Waals surface area contributed by atoms with Gasteiger partial charge in [-0.25, -0.2) is 0 Å². The molecule has 0 aliphatic carbocycles. The Bertz CT molecular complexity index is 506. The van der Waals surface area contributed by atoms with Crippen molar-refractivity contribution in [1.29, 1.82) is 0 Å². The number of nitrogens with one attached hydrogen (secondary N) is 1. The lowest BCUT2D eigenvalue weighted by Crippen LogP contribution is -2.30. The molecule has 1 N–H and O–H groups in total. The molecule has 0 bridgehead atoms. The molecule has 0 spiro atoms. The Morgan fingerprint density at radius 2 is 1.90 bits per heavy atom. The molecule has 3 heteroatoms. The minimum absolute atomic E-state index is 0.222. The first-order valence-electron chi connectivity index (χ1n) is 7.25. The third kappa shape index (κ3) is 4.20. The summed E-state index contributed by atoms with van der Waals surface area (Å²) in [6.45, 7) is 10.7. The molecule has 20 heavy (non-hydrogen) atoms. The first-order chi connectivity index (χ1) is 9.45. The molecule has 0 radical (unpaired) electrons. The van der Waals surface area contributed by atoms with Gasteiger partial charge in [-0.1, -0.05) is 45.0 Å². The summed E-state index contributed by atoms with van der Waals surface area (Å²) < 4.78 is 1.96. The second-order valence-corrected chi connectivity index (χ2v) is 6.46. The van der Waals surface area contributed by atoms with Gasteiger partial charge in [-0.05, 0) is 29.5 Å². The summed E-state index contributed by atoms with van der Waals surface area (Å²) in [5.74, 6) is 0. The summed E-state index contributed by atoms with van der Waals surface area (Å²) in [6, 6.07) is 11.3. The molecule has 0 aliphatic rings. The smallest absolute Gasteiger partial charge is 0.0560 e. The molecular formula is C17H25N3. The fraction of sp³-hybridized carbons (Fsp3) is 0.471. The molecule has 1 heterocycles. The Balaban J connectivity index is 1.84. The van der Waals surface area contributed by atoms with Crippen LogP contribution in [0.4, 0.5) is 0 Å². The standard InChI is InChI=1S/C17H25N3/c1-14(13-20-11-5-10-19-20)18-12-15-6-8-16(9-7-15)17(2,3)4/h5-11,14,18H,12-13H2,1-4H3. The SMILES string of the molecule is CC(Cn1cccn1)NCc1ccc(C(C)(C)C)cc1. The van der Waals surface area contributed by atoms with Crippen LogP contribution in [0.25, 0.3) is 0 Å². The van der Waals surface area contributed by atoms with Crippen LogP contribution in [0.2, 0.25) is 0 Å². The maximum atomic E-state index is 4.23. The molecule has 2 aromatic rings. The van der Waals surface area contributed by atoms with Gasteiger partial charge in [0.1, 0.15) is 0 Å². The van der Waals surface area contributed by atoms with Crippen LogP contribution in [0.3, 0.4) is 0 Å². The number of nitrogens with zero attached hydrogens (tertiary/aromatic N) is 2. The van der Waals surface area contributed by atoms with Crippen LogP contribution in [0.1, 0.15) is 38.8 Å². The number of aromatic nitrogens is 2. The van der Waals surface area contributed by atoms with Gasteiger partial charge in [0, 0.05) is 25.0 Å². The van der Waals surface area contributed by atoms with E-state index in [4.69, 9.17) is 0 Å². The zero-order valence-electron chi connectivity index (χ0n) is 12.9. The van der Waals surface area contributed by atoms with Gasteiger partial charge in [-0.15, -0.1) is 0 Å². The molecule has 0 saturated heterocycles. The summed E-state index contributed by atoms with van der Waals surface area (Å²) in [6.07, 6.45) is 3.81. The van der Waals surface area contributed by atoms with Crippen molar-refractivity contribution in [2.45, 2.75) is 52.2 Å². The van der Waals surface area contributed by atoms with Crippen molar-refractivity contribution in [1.82, 2.24) is 15.1 Å². The lowest BCUT2D eigenvalue weighted by Gasteiger charge is -2.19. The van der Waals surface area contributed by atoms with E-state index in [-0.39, 0.29) is 5.41 Å². The third-order valence-corrected chi connectivity index (χ3v) is 3.49. The van der Waals surface area contributed by atoms with Crippen LogP contribution >= 0.6 is 0 Å². The molecule has 0 saturated carbocycles. The maximum absolute atomic E-state index is 4.23. The van der Waals surface area contributed by atoms with Gasteiger partial charge in [0.15, 0.2) is 0 Å². The van der Waals surface area contributed by atoms with Crippen molar-refractivity contribution in [2.75, 3.05) is 0 Å². The molecule has 3 nitrogen and oxygen atoms in total. The topological polar surface area (TPSA) is 29.9 Å². The van der Waals surface area contributed by atoms with Gasteiger partial charge in [0.05, 0.1) is 6.54 Å². The van der Waals surface area contributed by atoms with Gasteiger partial charge in [0.25, 0.3) is 0 Å². The first-order valence-corrected chi connectivity index (χ1v) is 7.25. The average molecular weight is 271 g/mol. The molecule has 1 aromatic heterocycles. The fourth-order valence-corrected chi connectivity index (χ4v) is 2.17. The fourth-order valence-electron chi connectivity index (χ4n) is 2.17. The first kappa shape index (κ1) is 14.8. The van der Waals surface area contributed by atoms with Crippen LogP contribution in [0.15, 0.2) is 42.7 Å². The Labute approximate surface area is 122 Å². The Hall–Kier alpha value is -1.61. The lowest BCUT2D eigenvalue weighted by molar-refractivity contribution is 0.450. The Morgan fingerprint density at radius 1 is 1.20 bits per heavy atom. The second-order valence-electron chi connectivity index (χ2n) is 6.46. The summed E-state index contributed by atoms with van der Waals surface area (Å²) in [4.78, 5) is 0. The van der Waals surface area contributed by atoms with E-state index in [0.717, 1.165) is 13.1 Å². The third-order valence-electron chi connectivity index (χ3n) is 3.49. The monoisotopic (exact) mass is 271 g/mol. The maximum Gasteiger partial charge on any atom is 0.0560 e. The molecule has 2 rings (SSSR count). The van der Waals surface area contributed by atoms with E-state index >= 15 is 0 Å². The summed E-state index contributed by atoms with van der Waals surface area (Å²) in [7, 11) is 0. The Kier molecular flexibility index (Phi) is 4.61. The van der Waals surface area contributed by atoms with Gasteiger partial charge in [-0.3, -0.25) is 4.68 Å². The zero-order valence-corrected chi connectivity index (χ0v) is 12.9. The number of hydrogen-bond acceptors (Lipinski definition) is 2. The van der Waals surface area contributed by atoms with Crippen LogP contribution in [0.5, 0.6) is 0 Å². The van der Waals surface area contributed by atoms with Crippen LogP contribution in [-0.2, 0) is 18.5 Å². The molecule has 1 atom stereocenters. The molecule has 0 aliphatic heterocycles. The molecular weight excluding hydrogens is 246 g/mol. The highest BCUT2D eigenvalue weighted by Crippen LogP contribution is 2.22. The van der Waals surface area contributed by atoms with Crippen molar-refractivity contribution in [3.8, 4) is 0 Å². The predicted octanol–water partition coefficient (Wildman–Crippen LogP) is 3.36. The second kappa shape index (κ2) is 6.23. The van der Waals surface area contributed by atoms with E-state index in [1.807, 2.05) is 23.1 Å². The number of rotatable bonds is 5. The highest BCUT2D eigenvalue weighted by atomic mass is 15.3. The van der Waals surface area contributed by atoms with Crippen molar-refractivity contribution in [3.63, 3.8) is 0 Å². The summed E-state index contributed by atoms with van der Waals surface area (Å²) >= 11 is 0. The Morgan fingerprint density at radius 3 is 2.45 bits per heavy atom. The van der Waals surface area contributed by atoms with E-state index in [1.165, 1.54) is 11.1 Å². The molecule has 1 aromatic carbocycles. The highest BCUT2D eigenvalue weighted by molar-refractivity contribution is 5.27. The predicted molar refractivity (Wildman–Crippen MR) is 83.7 cm³/mol. The van der Waals surface area contributed by atoms with E-state index < -0.39 is 0 Å². The van der Waals surface area contributed by atoms with Crippen molar-refractivity contribution >= 4 is 0 Å². The number of hydrogen-bond donors (Lipinski definition) is 1. The quantitative estimate of drug-likeness (QED) is 0.903. The van der Waals surface area contributed by atoms with E-state index in [1.54, 1.807) is 0 Å². The van der Waals surface area contributed by atoms with Crippen LogP contribution in [0, 0.1) is 0 Å². The summed E-state index contributed by atoms with van der Waals surface area (Å²) in [5.41, 5.74) is 2.93. The van der Waals surface area contributed by atoms with Crippen molar-refractivity contribution in [3.05, 3.63) is 53.9 Å². The van der Waals surface area contributed by atoms with Crippen molar-refractivity contribution < 1.29 is 0 Å². The van der Waals surface area contributed by atoms with E-state index in [2.05, 4.69) is 62.4 Å². The minimum Gasteiger partial charge on any atom is -0.308 e. The largest absolute Gasteiger partial charge is 0.308 e. The molecule has 108 valence electrons. The van der Waals surface area contributed by atoms with Crippen molar-refractivity contribution in [2.24, 2.45) is 0 Å². The number of benzene rings is 1. The average Bonchev–Trinajstić information content (AvgIpc) is 2.88. The minimum atomic E-state index is 0.222. The van der Waals surface area contributed by atoms with Crippen LogP contribution in [-0.4, -0.2) is 15.8 Å². The van der Waals surface area contributed by atoms with E-state index in [0.29, 0.717) is 6.04 Å². The van der Waals surface area contributed by atoms with Gasteiger partial charge in [0.2, 0.25) is 0 Å². The zero-order chi connectivity index (χ0) is 14.6. The molecule has 0 amide bonds. The highest BCUT2D eigenvalue weighted by Gasteiger charge is 2.12. The van der Waals surface area contributed by atoms with Gasteiger partial charge < -0.3 is 5.32 Å². The molecule has 0 fully saturated rings. The van der Waals surface area contributed by atoms with E-state index in [9.17, 15) is 0 Å². The van der Waals surface area contributed by atoms with Gasteiger partial charge in [-0.2, -0.15) is 5.10 Å². The lowest BCUT2D eigenvalue weighted by atomic mass is 9.87. The normalized spacial score (nSPS) is 13.4. The van der Waals surface area contributed by atoms with Gasteiger partial charge >= 0.3 is 0 Å². The molecule has 1 unspecified atom stereocenters. The summed E-state index contributed by atoms with van der Waals surface area (Å²) in [5, 5.41) is 7.76.